The number of hydrogen-bond donors (Lipinski definition) is 13. The highest BCUT2D eigenvalue weighted by Gasteiger charge is 2.51. The van der Waals surface area contributed by atoms with Gasteiger partial charge in [0.25, 0.3) is 5.91 Å². The molecule has 4 rings (SSSR count). The Balaban J connectivity index is 1.23. The quantitative estimate of drug-likeness (QED) is 0.0231. The van der Waals surface area contributed by atoms with Crippen LogP contribution in [0.5, 0.6) is 0 Å². The molecular formula is C52H88N16O9. The average Bonchev–Trinajstić information content (AvgIpc) is 3.80. The number of carbonyl (C=O) groups is 7. The molecule has 0 radical (unpaired) electrons. The number of carboxylic acids is 1. The van der Waals surface area contributed by atoms with Crippen molar-refractivity contribution in [3.63, 3.8) is 0 Å². The second kappa shape index (κ2) is 33.4. The lowest BCUT2D eigenvalue weighted by Crippen LogP contribution is -2.59. The molecule has 2 unspecified atom stereocenters. The molecule has 1 aromatic rings. The number of carboxylic acid groups (broad SMARTS) is 1. The van der Waals surface area contributed by atoms with Crippen molar-refractivity contribution in [1.29, 1.82) is 0 Å². The van der Waals surface area contributed by atoms with E-state index in [1.54, 1.807) is 17.0 Å². The van der Waals surface area contributed by atoms with Gasteiger partial charge in [-0.3, -0.25) is 43.7 Å². The minimum atomic E-state index is -1.31. The highest BCUT2D eigenvalue weighted by molar-refractivity contribution is 5.97. The molecular weight excluding hydrogens is 993 g/mol. The first kappa shape index (κ1) is 62.8. The number of nitrogens with one attached hydrogen (secondary N) is 4. The van der Waals surface area contributed by atoms with Crippen LogP contribution in [0.1, 0.15) is 152 Å². The molecule has 6 amide bonds. The van der Waals surface area contributed by atoms with Gasteiger partial charge >= 0.3 is 5.97 Å². The van der Waals surface area contributed by atoms with E-state index in [1.807, 2.05) is 12.1 Å². The second-order valence-corrected chi connectivity index (χ2v) is 20.4. The fraction of sp³-hybridized carbons (Fsp3) is 0.692. The highest BCUT2D eigenvalue weighted by Crippen LogP contribution is 2.43. The van der Waals surface area contributed by atoms with Gasteiger partial charge in [-0.25, -0.2) is 4.79 Å². The number of hydrogen-bond acceptors (Lipinski definition) is 12. The van der Waals surface area contributed by atoms with Crippen molar-refractivity contribution >= 4 is 59.3 Å². The van der Waals surface area contributed by atoms with Crippen molar-refractivity contribution in [2.45, 2.75) is 184 Å². The van der Waals surface area contributed by atoms with E-state index in [-0.39, 0.29) is 61.7 Å². The Morgan fingerprint density at radius 3 is 1.84 bits per heavy atom. The Kier molecular flexibility index (Phi) is 27.2. The summed E-state index contributed by atoms with van der Waals surface area (Å²) < 4.78 is 0. The van der Waals surface area contributed by atoms with E-state index in [0.717, 1.165) is 76.2 Å². The van der Waals surface area contributed by atoms with Gasteiger partial charge in [-0.1, -0.05) is 82.1 Å². The van der Waals surface area contributed by atoms with E-state index in [9.17, 15) is 39.0 Å². The fourth-order valence-electron chi connectivity index (χ4n) is 10.6. The standard InChI is InChI=1S/C52H88N16O9/c53-36(20-14-27-61-50(54)55)44(71)65-37(21-15-28-62-51(56)57)45(72)60-26-13-7-5-3-1-2-4-6-8-24-42(70)64-39(32-69)47(74)67-30-25-33-17-9-11-19-35(33)43(67)48(75)68-40-23-12-10-18-34(40)31-41(68)46(73)66-38(49(76)77)22-16-29-63-52(58)59/h9,11,17,19,34,36-41,43,69H,1-8,10,12-16,18,20-32,53H2,(H,60,72)(H,64,70)(H,65,71)(H,66,73)(H,76,77)(H4,54,55,61)(H4,56,57,62)(H4,58,59,63)/t34?,36-,37+,38+,39+,40?,41+,43-/m1/s1. The lowest BCUT2D eigenvalue weighted by molar-refractivity contribution is -0.153. The molecule has 1 saturated carbocycles. The third-order valence-corrected chi connectivity index (χ3v) is 14.6. The number of nitrogens with zero attached hydrogens (tertiary/aromatic N) is 5. The van der Waals surface area contributed by atoms with E-state index in [2.05, 4.69) is 36.2 Å². The molecule has 430 valence electrons. The smallest absolute Gasteiger partial charge is 0.326 e. The van der Waals surface area contributed by atoms with Gasteiger partial charge in [0.15, 0.2) is 17.9 Å². The molecule has 0 aromatic heterocycles. The molecule has 1 aromatic carbocycles. The molecule has 0 spiro atoms. The summed E-state index contributed by atoms with van der Waals surface area (Å²) >= 11 is 0. The summed E-state index contributed by atoms with van der Waals surface area (Å²) in [5.41, 5.74) is 39.9. The van der Waals surface area contributed by atoms with Gasteiger partial charge in [0, 0.05) is 45.2 Å². The molecule has 1 aliphatic carbocycles. The predicted molar refractivity (Wildman–Crippen MR) is 293 cm³/mol. The third kappa shape index (κ3) is 21.0. The van der Waals surface area contributed by atoms with Crippen LogP contribution < -0.4 is 61.4 Å². The maximum absolute atomic E-state index is 15.2. The Bertz CT molecular complexity index is 2180. The van der Waals surface area contributed by atoms with E-state index in [0.29, 0.717) is 83.0 Å². The van der Waals surface area contributed by atoms with Crippen LogP contribution in [0.2, 0.25) is 0 Å². The second-order valence-electron chi connectivity index (χ2n) is 20.4. The summed E-state index contributed by atoms with van der Waals surface area (Å²) in [5, 5.41) is 31.6. The van der Waals surface area contributed by atoms with Crippen molar-refractivity contribution in [3.8, 4) is 0 Å². The molecule has 1 saturated heterocycles. The van der Waals surface area contributed by atoms with Gasteiger partial charge in [0.05, 0.1) is 12.6 Å². The number of nitrogens with two attached hydrogens (primary N) is 7. The molecule has 77 heavy (non-hydrogen) atoms. The first-order valence-corrected chi connectivity index (χ1v) is 27.6. The number of aliphatic carboxylic acids is 1. The first-order valence-electron chi connectivity index (χ1n) is 27.6. The van der Waals surface area contributed by atoms with Crippen LogP contribution in [0, 0.1) is 5.92 Å². The van der Waals surface area contributed by atoms with Gasteiger partial charge in [-0.2, -0.15) is 0 Å². The van der Waals surface area contributed by atoms with Gasteiger partial charge < -0.3 is 81.4 Å². The number of aliphatic imine (C=N–C) groups is 3. The molecule has 8 atom stereocenters. The normalized spacial score (nSPS) is 19.2. The fourth-order valence-corrected chi connectivity index (χ4v) is 10.6. The third-order valence-electron chi connectivity index (χ3n) is 14.6. The average molecular weight is 1080 g/mol. The number of rotatable bonds is 34. The monoisotopic (exact) mass is 1080 g/mol. The van der Waals surface area contributed by atoms with Crippen LogP contribution in [0.25, 0.3) is 0 Å². The molecule has 3 aliphatic rings. The molecule has 0 bridgehead atoms. The van der Waals surface area contributed by atoms with E-state index < -0.39 is 78.4 Å². The zero-order valence-corrected chi connectivity index (χ0v) is 44.8. The number of aliphatic hydroxyl groups excluding tert-OH is 1. The minimum Gasteiger partial charge on any atom is -0.480 e. The summed E-state index contributed by atoms with van der Waals surface area (Å²) in [6.45, 7) is 0.718. The number of likely N-dealkylation sites (tertiary alicyclic amines) is 1. The van der Waals surface area contributed by atoms with Crippen molar-refractivity contribution in [2.75, 3.05) is 39.3 Å². The molecule has 25 nitrogen and oxygen atoms in total. The van der Waals surface area contributed by atoms with Crippen molar-refractivity contribution in [3.05, 3.63) is 35.4 Å². The van der Waals surface area contributed by atoms with Crippen LogP contribution >= 0.6 is 0 Å². The maximum atomic E-state index is 15.2. The Labute approximate surface area is 452 Å². The number of unbranched alkanes of at least 4 members (excludes halogenated alkanes) is 8. The largest absolute Gasteiger partial charge is 0.480 e. The Morgan fingerprint density at radius 1 is 0.662 bits per heavy atom. The first-order chi connectivity index (χ1) is 36.9. The molecule has 2 fully saturated rings. The summed E-state index contributed by atoms with van der Waals surface area (Å²) in [6, 6.07) is 0.729. The Morgan fingerprint density at radius 2 is 1.23 bits per heavy atom. The van der Waals surface area contributed by atoms with Gasteiger partial charge in [0.1, 0.15) is 30.2 Å². The zero-order valence-electron chi connectivity index (χ0n) is 44.8. The van der Waals surface area contributed by atoms with Crippen LogP contribution in [-0.2, 0) is 40.0 Å². The van der Waals surface area contributed by atoms with E-state index in [4.69, 9.17) is 40.1 Å². The predicted octanol–water partition coefficient (Wildman–Crippen LogP) is -0.691. The number of guanidine groups is 3. The number of fused-ring (bicyclic) bond motifs is 2. The van der Waals surface area contributed by atoms with Crippen molar-refractivity contribution in [2.24, 2.45) is 61.0 Å². The summed E-state index contributed by atoms with van der Waals surface area (Å²) in [7, 11) is 0. The van der Waals surface area contributed by atoms with E-state index in [1.165, 1.54) is 4.90 Å². The van der Waals surface area contributed by atoms with Gasteiger partial charge in [-0.05, 0) is 94.1 Å². The molecule has 2 heterocycles. The van der Waals surface area contributed by atoms with Crippen LogP contribution in [-0.4, -0.2) is 155 Å². The summed E-state index contributed by atoms with van der Waals surface area (Å²) in [5.74, 6) is -4.23. The number of carbonyl (C=O) groups excluding carboxylic acids is 6. The van der Waals surface area contributed by atoms with Crippen molar-refractivity contribution in [1.82, 2.24) is 31.1 Å². The van der Waals surface area contributed by atoms with E-state index >= 15 is 4.79 Å². The topological polar surface area (TPSA) is 434 Å². The zero-order chi connectivity index (χ0) is 56.3. The lowest BCUT2D eigenvalue weighted by atomic mass is 9.84. The SMILES string of the molecule is NC(N)=NCCC[C@@H](N)C(=O)N[C@@H](CCCN=C(N)N)C(=O)NCCCCCCCCCCCC(=O)N[C@@H](CO)C(=O)N1CCc2ccccc2[C@@H]1C(=O)N1C2CCCCC2C[C@H]1C(=O)N[C@@H](CCCN=C(N)N)C(=O)O. The van der Waals surface area contributed by atoms with Crippen LogP contribution in [0.4, 0.5) is 0 Å². The van der Waals surface area contributed by atoms with Crippen LogP contribution in [0.15, 0.2) is 39.2 Å². The number of amides is 6. The summed E-state index contributed by atoms with van der Waals surface area (Å²) in [6.07, 6.45) is 14.1. The van der Waals surface area contributed by atoms with Crippen molar-refractivity contribution < 1.29 is 43.8 Å². The molecule has 2 aliphatic heterocycles. The molecule has 25 heteroatoms. The van der Waals surface area contributed by atoms with Gasteiger partial charge in [-0.15, -0.1) is 0 Å². The van der Waals surface area contributed by atoms with Gasteiger partial charge in [0.2, 0.25) is 29.5 Å². The Hall–Kier alpha value is -6.76. The minimum absolute atomic E-state index is 0.0109. The maximum Gasteiger partial charge on any atom is 0.326 e. The summed E-state index contributed by atoms with van der Waals surface area (Å²) in [4.78, 5) is 110. The number of benzene rings is 1. The molecule has 20 N–H and O–H groups in total. The highest BCUT2D eigenvalue weighted by atomic mass is 16.4. The lowest BCUT2D eigenvalue weighted by Gasteiger charge is -2.42. The number of aliphatic hydroxyl groups is 1. The van der Waals surface area contributed by atoms with Crippen LogP contribution in [0.3, 0.4) is 0 Å².